The molecule has 0 aromatic rings. The molecule has 0 amide bonds. The van der Waals surface area contributed by atoms with E-state index in [0.717, 1.165) is 12.5 Å². The molecular weight excluding hydrogens is 220 g/mol. The summed E-state index contributed by atoms with van der Waals surface area (Å²) in [7, 11) is 0. The zero-order valence-electron chi connectivity index (χ0n) is 12.7. The van der Waals surface area contributed by atoms with E-state index in [2.05, 4.69) is 25.7 Å². The summed E-state index contributed by atoms with van der Waals surface area (Å²) in [6, 6.07) is 0. The molecule has 106 valence electrons. The van der Waals surface area contributed by atoms with E-state index >= 15 is 0 Å². The average molecular weight is 252 g/mol. The molecule has 2 nitrogen and oxygen atoms in total. The lowest BCUT2D eigenvalue weighted by Crippen LogP contribution is -2.58. The van der Waals surface area contributed by atoms with Crippen LogP contribution in [0.5, 0.6) is 0 Å². The van der Waals surface area contributed by atoms with Gasteiger partial charge in [-0.25, -0.2) is 0 Å². The predicted octanol–water partition coefficient (Wildman–Crippen LogP) is 3.41. The van der Waals surface area contributed by atoms with E-state index in [4.69, 9.17) is 5.73 Å². The van der Waals surface area contributed by atoms with Crippen molar-refractivity contribution in [1.82, 2.24) is 4.90 Å². The third-order valence-electron chi connectivity index (χ3n) is 5.39. The van der Waals surface area contributed by atoms with E-state index in [9.17, 15) is 0 Å². The van der Waals surface area contributed by atoms with Gasteiger partial charge < -0.3 is 5.73 Å². The van der Waals surface area contributed by atoms with Gasteiger partial charge in [0, 0.05) is 18.6 Å². The lowest BCUT2D eigenvalue weighted by Gasteiger charge is -2.49. The molecule has 2 unspecified atom stereocenters. The lowest BCUT2D eigenvalue weighted by atomic mass is 9.79. The number of nitrogens with zero attached hydrogens (tertiary/aromatic N) is 1. The van der Waals surface area contributed by atoms with Crippen molar-refractivity contribution < 1.29 is 0 Å². The molecule has 0 radical (unpaired) electrons. The molecular formula is C16H32N2. The van der Waals surface area contributed by atoms with Crippen LogP contribution in [0.15, 0.2) is 0 Å². The SMILES string of the molecule is CC1CCCC(CN)(N2CCCC(C)(C)C2)CC1. The normalized spacial score (nSPS) is 38.3. The van der Waals surface area contributed by atoms with Gasteiger partial charge in [-0.1, -0.05) is 33.6 Å². The summed E-state index contributed by atoms with van der Waals surface area (Å²) in [5, 5.41) is 0. The summed E-state index contributed by atoms with van der Waals surface area (Å²) < 4.78 is 0. The summed E-state index contributed by atoms with van der Waals surface area (Å²) in [5.41, 5.74) is 7.04. The summed E-state index contributed by atoms with van der Waals surface area (Å²) >= 11 is 0. The Morgan fingerprint density at radius 3 is 2.56 bits per heavy atom. The Balaban J connectivity index is 2.10. The van der Waals surface area contributed by atoms with Crippen LogP contribution in [0.1, 0.15) is 65.7 Å². The van der Waals surface area contributed by atoms with E-state index in [1.54, 1.807) is 0 Å². The van der Waals surface area contributed by atoms with Gasteiger partial charge in [0.1, 0.15) is 0 Å². The van der Waals surface area contributed by atoms with E-state index in [1.807, 2.05) is 0 Å². The second kappa shape index (κ2) is 5.50. The molecule has 0 spiro atoms. The zero-order valence-corrected chi connectivity index (χ0v) is 12.7. The molecule has 1 aliphatic heterocycles. The van der Waals surface area contributed by atoms with E-state index in [1.165, 1.54) is 58.0 Å². The van der Waals surface area contributed by atoms with Crippen LogP contribution in [0.2, 0.25) is 0 Å². The van der Waals surface area contributed by atoms with Crippen LogP contribution >= 0.6 is 0 Å². The fraction of sp³-hybridized carbons (Fsp3) is 1.00. The fourth-order valence-corrected chi connectivity index (χ4v) is 4.04. The molecule has 18 heavy (non-hydrogen) atoms. The predicted molar refractivity (Wildman–Crippen MR) is 78.6 cm³/mol. The van der Waals surface area contributed by atoms with Crippen molar-refractivity contribution in [1.29, 1.82) is 0 Å². The summed E-state index contributed by atoms with van der Waals surface area (Å²) in [6.45, 7) is 10.6. The van der Waals surface area contributed by atoms with Crippen LogP contribution in [0.3, 0.4) is 0 Å². The first-order valence-electron chi connectivity index (χ1n) is 7.93. The maximum Gasteiger partial charge on any atom is 0.0332 e. The molecule has 1 heterocycles. The van der Waals surface area contributed by atoms with Gasteiger partial charge in [-0.05, 0) is 50.0 Å². The summed E-state index contributed by atoms with van der Waals surface area (Å²) in [5.74, 6) is 0.899. The third-order valence-corrected chi connectivity index (χ3v) is 5.39. The highest BCUT2D eigenvalue weighted by atomic mass is 15.2. The average Bonchev–Trinajstić information content (AvgIpc) is 2.51. The minimum atomic E-state index is 0.322. The van der Waals surface area contributed by atoms with Gasteiger partial charge in [0.25, 0.3) is 0 Å². The maximum absolute atomic E-state index is 6.23. The Hall–Kier alpha value is -0.0800. The second-order valence-corrected chi connectivity index (χ2v) is 7.65. The molecule has 0 aromatic carbocycles. The smallest absolute Gasteiger partial charge is 0.0332 e. The van der Waals surface area contributed by atoms with Crippen molar-refractivity contribution in [2.45, 2.75) is 71.3 Å². The largest absolute Gasteiger partial charge is 0.329 e. The molecule has 0 aromatic heterocycles. The number of hydrogen-bond acceptors (Lipinski definition) is 2. The highest BCUT2D eigenvalue weighted by molar-refractivity contribution is 4.97. The Morgan fingerprint density at radius 2 is 1.89 bits per heavy atom. The molecule has 2 heteroatoms. The number of nitrogens with two attached hydrogens (primary N) is 1. The van der Waals surface area contributed by atoms with Gasteiger partial charge in [0.05, 0.1) is 0 Å². The van der Waals surface area contributed by atoms with Crippen LogP contribution < -0.4 is 5.73 Å². The van der Waals surface area contributed by atoms with Gasteiger partial charge in [-0.3, -0.25) is 4.90 Å². The summed E-state index contributed by atoms with van der Waals surface area (Å²) in [4.78, 5) is 2.76. The quantitative estimate of drug-likeness (QED) is 0.763. The number of hydrogen-bond donors (Lipinski definition) is 1. The molecule has 2 fully saturated rings. The second-order valence-electron chi connectivity index (χ2n) is 7.65. The van der Waals surface area contributed by atoms with Crippen molar-refractivity contribution in [3.05, 3.63) is 0 Å². The Labute approximate surface area is 113 Å². The lowest BCUT2D eigenvalue weighted by molar-refractivity contribution is 0.00855. The van der Waals surface area contributed by atoms with Gasteiger partial charge in [-0.2, -0.15) is 0 Å². The Morgan fingerprint density at radius 1 is 1.11 bits per heavy atom. The highest BCUT2D eigenvalue weighted by Gasteiger charge is 2.40. The van der Waals surface area contributed by atoms with Crippen molar-refractivity contribution >= 4 is 0 Å². The van der Waals surface area contributed by atoms with Gasteiger partial charge in [0.15, 0.2) is 0 Å². The minimum Gasteiger partial charge on any atom is -0.329 e. The standard InChI is InChI=1S/C16H32N2/c1-14-6-4-9-16(12-17,10-7-14)18-11-5-8-15(2,3)13-18/h14H,4-13,17H2,1-3H3. The molecule has 0 bridgehead atoms. The van der Waals surface area contributed by atoms with Crippen LogP contribution in [0.25, 0.3) is 0 Å². The van der Waals surface area contributed by atoms with Crippen molar-refractivity contribution in [2.24, 2.45) is 17.1 Å². The minimum absolute atomic E-state index is 0.322. The topological polar surface area (TPSA) is 29.3 Å². The van der Waals surface area contributed by atoms with Crippen molar-refractivity contribution in [2.75, 3.05) is 19.6 Å². The van der Waals surface area contributed by atoms with Crippen LogP contribution in [0.4, 0.5) is 0 Å². The van der Waals surface area contributed by atoms with Crippen molar-refractivity contribution in [3.8, 4) is 0 Å². The first-order valence-corrected chi connectivity index (χ1v) is 7.93. The Kier molecular flexibility index (Phi) is 4.38. The zero-order chi connectivity index (χ0) is 13.2. The Bertz CT molecular complexity index is 274. The van der Waals surface area contributed by atoms with E-state index in [0.29, 0.717) is 11.0 Å². The van der Waals surface area contributed by atoms with Crippen LogP contribution in [0, 0.1) is 11.3 Å². The first-order chi connectivity index (χ1) is 8.47. The molecule has 2 atom stereocenters. The van der Waals surface area contributed by atoms with Gasteiger partial charge >= 0.3 is 0 Å². The van der Waals surface area contributed by atoms with Crippen LogP contribution in [-0.4, -0.2) is 30.1 Å². The molecule has 2 rings (SSSR count). The number of likely N-dealkylation sites (tertiary alicyclic amines) is 1. The first kappa shape index (κ1) is 14.3. The summed E-state index contributed by atoms with van der Waals surface area (Å²) in [6.07, 6.45) is 9.51. The molecule has 2 N–H and O–H groups in total. The molecule has 1 saturated carbocycles. The van der Waals surface area contributed by atoms with Crippen LogP contribution in [-0.2, 0) is 0 Å². The van der Waals surface area contributed by atoms with Gasteiger partial charge in [0.2, 0.25) is 0 Å². The molecule has 2 aliphatic rings. The monoisotopic (exact) mass is 252 g/mol. The maximum atomic E-state index is 6.23. The third kappa shape index (κ3) is 3.08. The van der Waals surface area contributed by atoms with Gasteiger partial charge in [-0.15, -0.1) is 0 Å². The molecule has 1 aliphatic carbocycles. The number of rotatable bonds is 2. The van der Waals surface area contributed by atoms with E-state index in [-0.39, 0.29) is 0 Å². The highest BCUT2D eigenvalue weighted by Crippen LogP contribution is 2.39. The number of piperidine rings is 1. The fourth-order valence-electron chi connectivity index (χ4n) is 4.04. The van der Waals surface area contributed by atoms with E-state index < -0.39 is 0 Å². The van der Waals surface area contributed by atoms with Crippen molar-refractivity contribution in [3.63, 3.8) is 0 Å². The molecule has 1 saturated heterocycles.